The minimum absolute atomic E-state index is 0.536. The fraction of sp³-hybridized carbons (Fsp3) is 1.00. The Morgan fingerprint density at radius 3 is 1.15 bits per heavy atom. The van der Waals surface area contributed by atoms with Crippen LogP contribution in [0.5, 0.6) is 0 Å². The molecule has 2 fully saturated rings. The average Bonchev–Trinajstić information content (AvgIpc) is 2.43. The third kappa shape index (κ3) is 21.0. The molecule has 20 heavy (non-hydrogen) atoms. The van der Waals surface area contributed by atoms with Crippen molar-refractivity contribution in [1.82, 2.24) is 0 Å². The van der Waals surface area contributed by atoms with Crippen LogP contribution in [0.2, 0.25) is 0 Å². The van der Waals surface area contributed by atoms with Gasteiger partial charge in [-0.3, -0.25) is 0 Å². The summed E-state index contributed by atoms with van der Waals surface area (Å²) in [5.41, 5.74) is 0. The zero-order valence-corrected chi connectivity index (χ0v) is 15.9. The third-order valence-electron chi connectivity index (χ3n) is 2.81. The molecule has 2 rings (SSSR count). The normalized spacial score (nSPS) is 24.9. The van der Waals surface area contributed by atoms with Gasteiger partial charge in [0.05, 0.1) is 12.2 Å². The minimum Gasteiger partial charge on any atom is -0.379 e. The SMILES string of the molecule is CC1CCCCO1.CC1CCCCO1.COP.COP. The molecule has 4 unspecified atom stereocenters. The molecule has 0 radical (unpaired) electrons. The van der Waals surface area contributed by atoms with Crippen LogP contribution in [0, 0.1) is 0 Å². The van der Waals surface area contributed by atoms with Gasteiger partial charge in [0.15, 0.2) is 0 Å². The lowest BCUT2D eigenvalue weighted by atomic mass is 10.1. The first-order chi connectivity index (χ1) is 9.62. The van der Waals surface area contributed by atoms with Gasteiger partial charge in [-0.2, -0.15) is 0 Å². The van der Waals surface area contributed by atoms with Gasteiger partial charge >= 0.3 is 0 Å². The highest BCUT2D eigenvalue weighted by Gasteiger charge is 2.06. The zero-order valence-electron chi connectivity index (χ0n) is 13.6. The van der Waals surface area contributed by atoms with E-state index in [1.54, 1.807) is 14.2 Å². The first-order valence-electron chi connectivity index (χ1n) is 7.31. The largest absolute Gasteiger partial charge is 0.379 e. The van der Waals surface area contributed by atoms with Crippen LogP contribution in [-0.2, 0) is 18.5 Å². The Bertz CT molecular complexity index is 143. The fourth-order valence-electron chi connectivity index (χ4n) is 1.80. The summed E-state index contributed by atoms with van der Waals surface area (Å²) in [6, 6.07) is 0. The Morgan fingerprint density at radius 2 is 1.05 bits per heavy atom. The van der Waals surface area contributed by atoms with Gasteiger partial charge in [-0.25, -0.2) is 0 Å². The van der Waals surface area contributed by atoms with Crippen molar-refractivity contribution in [3.8, 4) is 0 Å². The lowest BCUT2D eigenvalue weighted by molar-refractivity contribution is 0.0283. The summed E-state index contributed by atoms with van der Waals surface area (Å²) in [7, 11) is 7.33. The van der Waals surface area contributed by atoms with Crippen LogP contribution in [-0.4, -0.2) is 39.6 Å². The van der Waals surface area contributed by atoms with Gasteiger partial charge in [-0.15, -0.1) is 0 Å². The summed E-state index contributed by atoms with van der Waals surface area (Å²) < 4.78 is 18.9. The van der Waals surface area contributed by atoms with E-state index >= 15 is 0 Å². The lowest BCUT2D eigenvalue weighted by Gasteiger charge is -2.17. The molecule has 4 nitrogen and oxygen atoms in total. The molecule has 0 bridgehead atoms. The molecule has 0 spiro atoms. The second-order valence-electron chi connectivity index (χ2n) is 4.83. The van der Waals surface area contributed by atoms with Gasteiger partial charge in [0.25, 0.3) is 0 Å². The quantitative estimate of drug-likeness (QED) is 0.630. The Morgan fingerprint density at radius 1 is 0.750 bits per heavy atom. The summed E-state index contributed by atoms with van der Waals surface area (Å²) >= 11 is 0. The monoisotopic (exact) mass is 328 g/mol. The molecule has 0 N–H and O–H groups in total. The second-order valence-corrected chi connectivity index (χ2v) is 5.77. The van der Waals surface area contributed by atoms with E-state index in [1.807, 2.05) is 0 Å². The molecule has 2 saturated heterocycles. The van der Waals surface area contributed by atoms with Crippen LogP contribution in [0.25, 0.3) is 0 Å². The average molecular weight is 328 g/mol. The van der Waals surface area contributed by atoms with Gasteiger partial charge in [-0.05, 0) is 71.3 Å². The van der Waals surface area contributed by atoms with Crippen molar-refractivity contribution in [3.05, 3.63) is 0 Å². The van der Waals surface area contributed by atoms with Crippen LogP contribution in [0.15, 0.2) is 0 Å². The van der Waals surface area contributed by atoms with Gasteiger partial charge < -0.3 is 18.5 Å². The van der Waals surface area contributed by atoms with E-state index in [2.05, 4.69) is 41.8 Å². The fourth-order valence-corrected chi connectivity index (χ4v) is 1.80. The number of hydrogen-bond donors (Lipinski definition) is 0. The Labute approximate surface area is 130 Å². The van der Waals surface area contributed by atoms with E-state index in [4.69, 9.17) is 9.47 Å². The first-order valence-corrected chi connectivity index (χ1v) is 8.25. The molecule has 2 aliphatic rings. The standard InChI is InChI=1S/2C6H12O.2CH5OP/c2*1-6-4-2-3-5-7-6;2*1-2-3/h2*6H,2-5H2,1H3;2*3H2,1H3. The molecule has 0 saturated carbocycles. The predicted molar refractivity (Wildman–Crippen MR) is 92.0 cm³/mol. The van der Waals surface area contributed by atoms with Gasteiger partial charge in [0, 0.05) is 27.4 Å². The van der Waals surface area contributed by atoms with Gasteiger partial charge in [-0.1, -0.05) is 0 Å². The van der Waals surface area contributed by atoms with Crippen LogP contribution < -0.4 is 0 Å². The smallest absolute Gasteiger partial charge is 0.0547 e. The molecule has 4 atom stereocenters. The molecule has 0 aromatic carbocycles. The highest BCUT2D eigenvalue weighted by atomic mass is 31.0. The number of ether oxygens (including phenoxy) is 2. The first kappa shape index (κ1) is 23.0. The van der Waals surface area contributed by atoms with E-state index in [9.17, 15) is 0 Å². The van der Waals surface area contributed by atoms with E-state index in [0.717, 1.165) is 13.2 Å². The zero-order chi connectivity index (χ0) is 15.6. The molecule has 0 amide bonds. The Kier molecular flexibility index (Phi) is 22.6. The summed E-state index contributed by atoms with van der Waals surface area (Å²) in [6.45, 7) is 6.25. The molecule has 0 aromatic rings. The van der Waals surface area contributed by atoms with Crippen molar-refractivity contribution in [2.75, 3.05) is 27.4 Å². The third-order valence-corrected chi connectivity index (χ3v) is 2.81. The molecule has 2 aliphatic heterocycles. The van der Waals surface area contributed by atoms with E-state index in [0.29, 0.717) is 12.2 Å². The van der Waals surface area contributed by atoms with Gasteiger partial charge in [0.2, 0.25) is 0 Å². The maximum absolute atomic E-state index is 5.28. The maximum Gasteiger partial charge on any atom is 0.0547 e. The molecular weight excluding hydrogens is 294 g/mol. The molecule has 0 aliphatic carbocycles. The summed E-state index contributed by atoms with van der Waals surface area (Å²) in [6.07, 6.45) is 8.86. The van der Waals surface area contributed by atoms with Crippen molar-refractivity contribution >= 4 is 18.9 Å². The summed E-state index contributed by atoms with van der Waals surface area (Å²) in [5.74, 6) is 0. The number of hydrogen-bond acceptors (Lipinski definition) is 4. The topological polar surface area (TPSA) is 36.9 Å². The number of rotatable bonds is 0. The van der Waals surface area contributed by atoms with Crippen molar-refractivity contribution in [2.24, 2.45) is 0 Å². The lowest BCUT2D eigenvalue weighted by Crippen LogP contribution is -2.14. The van der Waals surface area contributed by atoms with Crippen LogP contribution >= 0.6 is 18.9 Å². The predicted octanol–water partition coefficient (Wildman–Crippen LogP) is 4.00. The van der Waals surface area contributed by atoms with Crippen LogP contribution in [0.4, 0.5) is 0 Å². The Hall–Kier alpha value is 0.700. The van der Waals surface area contributed by atoms with E-state index < -0.39 is 0 Å². The van der Waals surface area contributed by atoms with Crippen molar-refractivity contribution in [2.45, 2.75) is 64.6 Å². The van der Waals surface area contributed by atoms with Crippen molar-refractivity contribution in [1.29, 1.82) is 0 Å². The Balaban J connectivity index is 0. The van der Waals surface area contributed by atoms with E-state index in [1.165, 1.54) is 38.5 Å². The van der Waals surface area contributed by atoms with Gasteiger partial charge in [0.1, 0.15) is 0 Å². The molecule has 0 aromatic heterocycles. The van der Waals surface area contributed by atoms with Crippen LogP contribution in [0.3, 0.4) is 0 Å². The highest BCUT2D eigenvalue weighted by Crippen LogP contribution is 2.11. The summed E-state index contributed by atoms with van der Waals surface area (Å²) in [5, 5.41) is 0. The molecule has 124 valence electrons. The van der Waals surface area contributed by atoms with Crippen molar-refractivity contribution < 1.29 is 18.5 Å². The molecule has 2 heterocycles. The molecular formula is C14H34O4P2. The van der Waals surface area contributed by atoms with Crippen molar-refractivity contribution in [3.63, 3.8) is 0 Å². The second kappa shape index (κ2) is 19.7. The van der Waals surface area contributed by atoms with Crippen LogP contribution in [0.1, 0.15) is 52.4 Å². The molecule has 6 heteroatoms. The maximum atomic E-state index is 5.28. The highest BCUT2D eigenvalue weighted by molar-refractivity contribution is 7.09. The summed E-state index contributed by atoms with van der Waals surface area (Å²) in [4.78, 5) is 0. The minimum atomic E-state index is 0.536. The van der Waals surface area contributed by atoms with E-state index in [-0.39, 0.29) is 0 Å².